The first-order valence-electron chi connectivity index (χ1n) is 7.73. The molecule has 0 bridgehead atoms. The number of hydrogen-bond donors (Lipinski definition) is 1. The van der Waals surface area contributed by atoms with Gasteiger partial charge in [0.15, 0.2) is 0 Å². The van der Waals surface area contributed by atoms with Crippen molar-refractivity contribution in [2.75, 3.05) is 18.5 Å². The Morgan fingerprint density at radius 3 is 2.88 bits per heavy atom. The van der Waals surface area contributed by atoms with Crippen LogP contribution in [-0.2, 0) is 4.74 Å². The van der Waals surface area contributed by atoms with Crippen LogP contribution >= 0.6 is 15.9 Å². The fraction of sp³-hybridized carbons (Fsp3) is 0.278. The summed E-state index contributed by atoms with van der Waals surface area (Å²) >= 11 is 3.41. The maximum atomic E-state index is 13.6. The van der Waals surface area contributed by atoms with Crippen LogP contribution in [0.25, 0.3) is 0 Å². The molecule has 1 aliphatic heterocycles. The molecule has 0 saturated carbocycles. The maximum absolute atomic E-state index is 13.6. The molecule has 1 heterocycles. The zero-order valence-electron chi connectivity index (χ0n) is 12.9. The zero-order chi connectivity index (χ0) is 16.9. The summed E-state index contributed by atoms with van der Waals surface area (Å²) in [7, 11) is 0. The Bertz CT molecular complexity index is 732. The molecular formula is C18H17BrFNO3. The summed E-state index contributed by atoms with van der Waals surface area (Å²) < 4.78 is 25.5. The minimum Gasteiger partial charge on any atom is -0.490 e. The predicted molar refractivity (Wildman–Crippen MR) is 93.0 cm³/mol. The van der Waals surface area contributed by atoms with E-state index in [1.54, 1.807) is 30.3 Å². The largest absolute Gasteiger partial charge is 0.490 e. The Hall–Kier alpha value is -1.92. The fourth-order valence-corrected chi connectivity index (χ4v) is 2.97. The number of hydrogen-bond acceptors (Lipinski definition) is 3. The van der Waals surface area contributed by atoms with Crippen LogP contribution < -0.4 is 10.1 Å². The van der Waals surface area contributed by atoms with Crippen molar-refractivity contribution in [3.05, 3.63) is 58.3 Å². The van der Waals surface area contributed by atoms with Gasteiger partial charge in [0.05, 0.1) is 16.3 Å². The molecule has 1 N–H and O–H groups in total. The molecule has 1 atom stereocenters. The van der Waals surface area contributed by atoms with E-state index in [0.29, 0.717) is 22.4 Å². The number of benzene rings is 2. The number of nitrogens with one attached hydrogen (secondary N) is 1. The lowest BCUT2D eigenvalue weighted by Crippen LogP contribution is -2.17. The molecule has 1 saturated heterocycles. The van der Waals surface area contributed by atoms with E-state index in [1.807, 2.05) is 0 Å². The molecule has 6 heteroatoms. The average molecular weight is 394 g/mol. The van der Waals surface area contributed by atoms with Crippen molar-refractivity contribution < 1.29 is 18.7 Å². The Morgan fingerprint density at radius 1 is 1.33 bits per heavy atom. The molecule has 0 spiro atoms. The van der Waals surface area contributed by atoms with Gasteiger partial charge in [0.25, 0.3) is 5.91 Å². The van der Waals surface area contributed by atoms with Gasteiger partial charge in [0, 0.05) is 12.2 Å². The lowest BCUT2D eigenvalue weighted by Gasteiger charge is -2.13. The number of rotatable bonds is 5. The van der Waals surface area contributed by atoms with Crippen molar-refractivity contribution in [2.24, 2.45) is 0 Å². The zero-order valence-corrected chi connectivity index (χ0v) is 14.5. The number of amides is 1. The third kappa shape index (κ3) is 4.13. The Morgan fingerprint density at radius 2 is 2.17 bits per heavy atom. The lowest BCUT2D eigenvalue weighted by atomic mass is 10.2. The molecule has 3 rings (SSSR count). The summed E-state index contributed by atoms with van der Waals surface area (Å²) in [6.07, 6.45) is 2.19. The SMILES string of the molecule is O=C(Nc1ccccc1F)c1ccc(OC[C@H]2CCCO2)c(Br)c1. The Labute approximate surface area is 148 Å². The third-order valence-electron chi connectivity index (χ3n) is 3.76. The van der Waals surface area contributed by atoms with Gasteiger partial charge < -0.3 is 14.8 Å². The molecule has 0 unspecified atom stereocenters. The molecule has 0 aromatic heterocycles. The predicted octanol–water partition coefficient (Wildman–Crippen LogP) is 4.40. The number of anilines is 1. The molecule has 1 aliphatic rings. The van der Waals surface area contributed by atoms with Gasteiger partial charge in [0.2, 0.25) is 0 Å². The fourth-order valence-electron chi connectivity index (χ4n) is 2.47. The summed E-state index contributed by atoms with van der Waals surface area (Å²) in [4.78, 5) is 12.2. The molecule has 1 fully saturated rings. The number of carbonyl (C=O) groups excluding carboxylic acids is 1. The highest BCUT2D eigenvalue weighted by Crippen LogP contribution is 2.27. The van der Waals surface area contributed by atoms with Gasteiger partial charge in [-0.25, -0.2) is 4.39 Å². The highest BCUT2D eigenvalue weighted by Gasteiger charge is 2.17. The first-order valence-corrected chi connectivity index (χ1v) is 8.52. The van der Waals surface area contributed by atoms with E-state index < -0.39 is 5.82 Å². The first kappa shape index (κ1) is 16.9. The summed E-state index contributed by atoms with van der Waals surface area (Å²) in [5.74, 6) is -0.208. The topological polar surface area (TPSA) is 47.6 Å². The second-order valence-electron chi connectivity index (χ2n) is 5.53. The van der Waals surface area contributed by atoms with Crippen molar-refractivity contribution >= 4 is 27.5 Å². The van der Waals surface area contributed by atoms with E-state index in [4.69, 9.17) is 9.47 Å². The van der Waals surface area contributed by atoms with Gasteiger partial charge >= 0.3 is 0 Å². The minimum absolute atomic E-state index is 0.126. The molecule has 0 aliphatic carbocycles. The van der Waals surface area contributed by atoms with Crippen LogP contribution in [0.4, 0.5) is 10.1 Å². The summed E-state index contributed by atoms with van der Waals surface area (Å²) in [6, 6.07) is 11.1. The summed E-state index contributed by atoms with van der Waals surface area (Å²) in [5.41, 5.74) is 0.562. The highest BCUT2D eigenvalue weighted by atomic mass is 79.9. The standard InChI is InChI=1S/C18H17BrFNO3/c19-14-10-12(18(22)21-16-6-2-1-5-15(16)20)7-8-17(14)24-11-13-4-3-9-23-13/h1-2,5-8,10,13H,3-4,9,11H2,(H,21,22)/t13-/m1/s1. The lowest BCUT2D eigenvalue weighted by molar-refractivity contribution is 0.0677. The van der Waals surface area contributed by atoms with Gasteiger partial charge in [-0.15, -0.1) is 0 Å². The molecule has 126 valence electrons. The average Bonchev–Trinajstić information content (AvgIpc) is 3.09. The molecule has 1 amide bonds. The van der Waals surface area contributed by atoms with E-state index in [1.165, 1.54) is 12.1 Å². The Balaban J connectivity index is 1.65. The monoisotopic (exact) mass is 393 g/mol. The molecular weight excluding hydrogens is 377 g/mol. The van der Waals surface area contributed by atoms with E-state index in [-0.39, 0.29) is 17.7 Å². The van der Waals surface area contributed by atoms with Gasteiger partial charge in [0.1, 0.15) is 18.2 Å². The number of para-hydroxylation sites is 1. The van der Waals surface area contributed by atoms with Gasteiger partial charge in [-0.3, -0.25) is 4.79 Å². The maximum Gasteiger partial charge on any atom is 0.255 e. The summed E-state index contributed by atoms with van der Waals surface area (Å²) in [6.45, 7) is 1.27. The van der Waals surface area contributed by atoms with Crippen molar-refractivity contribution in [1.29, 1.82) is 0 Å². The highest BCUT2D eigenvalue weighted by molar-refractivity contribution is 9.10. The number of halogens is 2. The van der Waals surface area contributed by atoms with Crippen LogP contribution in [0, 0.1) is 5.82 Å². The normalized spacial score (nSPS) is 16.8. The van der Waals surface area contributed by atoms with Crippen molar-refractivity contribution in [3.63, 3.8) is 0 Å². The molecule has 24 heavy (non-hydrogen) atoms. The van der Waals surface area contributed by atoms with Gasteiger partial charge in [-0.05, 0) is 59.1 Å². The van der Waals surface area contributed by atoms with E-state index in [0.717, 1.165) is 19.4 Å². The van der Waals surface area contributed by atoms with Crippen molar-refractivity contribution in [3.8, 4) is 5.75 Å². The van der Waals surface area contributed by atoms with Crippen LogP contribution in [0.1, 0.15) is 23.2 Å². The number of carbonyl (C=O) groups is 1. The molecule has 4 nitrogen and oxygen atoms in total. The molecule has 0 radical (unpaired) electrons. The van der Waals surface area contributed by atoms with Crippen LogP contribution in [0.15, 0.2) is 46.9 Å². The van der Waals surface area contributed by atoms with Crippen LogP contribution in [0.3, 0.4) is 0 Å². The van der Waals surface area contributed by atoms with Crippen LogP contribution in [0.5, 0.6) is 5.75 Å². The Kier molecular flexibility index (Phi) is 5.48. The minimum atomic E-state index is -0.471. The molecule has 2 aromatic rings. The van der Waals surface area contributed by atoms with Crippen molar-refractivity contribution in [1.82, 2.24) is 0 Å². The second kappa shape index (κ2) is 7.77. The van der Waals surface area contributed by atoms with E-state index in [2.05, 4.69) is 21.2 Å². The smallest absolute Gasteiger partial charge is 0.255 e. The van der Waals surface area contributed by atoms with E-state index >= 15 is 0 Å². The van der Waals surface area contributed by atoms with E-state index in [9.17, 15) is 9.18 Å². The van der Waals surface area contributed by atoms with Crippen molar-refractivity contribution in [2.45, 2.75) is 18.9 Å². The summed E-state index contributed by atoms with van der Waals surface area (Å²) in [5, 5.41) is 2.55. The van der Waals surface area contributed by atoms with Crippen LogP contribution in [0.2, 0.25) is 0 Å². The van der Waals surface area contributed by atoms with Gasteiger partial charge in [-0.1, -0.05) is 12.1 Å². The van der Waals surface area contributed by atoms with Crippen LogP contribution in [-0.4, -0.2) is 25.2 Å². The second-order valence-corrected chi connectivity index (χ2v) is 6.38. The van der Waals surface area contributed by atoms with Gasteiger partial charge in [-0.2, -0.15) is 0 Å². The molecule has 2 aromatic carbocycles. The quantitative estimate of drug-likeness (QED) is 0.818. The number of ether oxygens (including phenoxy) is 2. The third-order valence-corrected chi connectivity index (χ3v) is 4.38. The first-order chi connectivity index (χ1) is 11.6.